The summed E-state index contributed by atoms with van der Waals surface area (Å²) in [6, 6.07) is 7.04. The van der Waals surface area contributed by atoms with Crippen molar-refractivity contribution in [2.24, 2.45) is 11.5 Å². The van der Waals surface area contributed by atoms with E-state index in [1.54, 1.807) is 0 Å². The molecule has 16 heavy (non-hydrogen) atoms. The van der Waals surface area contributed by atoms with Gasteiger partial charge in [-0.15, -0.1) is 0 Å². The molecule has 0 aliphatic heterocycles. The SMILES string of the molecule is Cc1nc2ccccc2n1CC(N)C(N)=O. The molecule has 1 atom stereocenters. The molecule has 2 aromatic rings. The molecule has 0 aliphatic rings. The van der Waals surface area contributed by atoms with E-state index in [2.05, 4.69) is 4.98 Å². The van der Waals surface area contributed by atoms with Gasteiger partial charge in [0, 0.05) is 6.54 Å². The number of aryl methyl sites for hydroxylation is 1. The van der Waals surface area contributed by atoms with Crippen molar-refractivity contribution < 1.29 is 4.79 Å². The van der Waals surface area contributed by atoms with Crippen molar-refractivity contribution in [1.82, 2.24) is 9.55 Å². The molecule has 0 aliphatic carbocycles. The molecule has 5 heteroatoms. The van der Waals surface area contributed by atoms with E-state index in [4.69, 9.17) is 11.5 Å². The Morgan fingerprint density at radius 2 is 2.19 bits per heavy atom. The van der Waals surface area contributed by atoms with Crippen LogP contribution in [0.25, 0.3) is 11.0 Å². The van der Waals surface area contributed by atoms with Crippen LogP contribution in [0.2, 0.25) is 0 Å². The Labute approximate surface area is 93.1 Å². The molecule has 1 heterocycles. The highest BCUT2D eigenvalue weighted by molar-refractivity contribution is 5.80. The van der Waals surface area contributed by atoms with Crippen LogP contribution >= 0.6 is 0 Å². The van der Waals surface area contributed by atoms with Gasteiger partial charge in [0.1, 0.15) is 11.9 Å². The Morgan fingerprint density at radius 1 is 1.50 bits per heavy atom. The van der Waals surface area contributed by atoms with Crippen molar-refractivity contribution in [3.8, 4) is 0 Å². The van der Waals surface area contributed by atoms with Crippen LogP contribution in [0.4, 0.5) is 0 Å². The Hall–Kier alpha value is -1.88. The average Bonchev–Trinajstić information content (AvgIpc) is 2.55. The molecule has 0 saturated carbocycles. The zero-order valence-corrected chi connectivity index (χ0v) is 9.05. The van der Waals surface area contributed by atoms with Gasteiger partial charge in [0.05, 0.1) is 11.0 Å². The molecule has 0 bridgehead atoms. The number of hydrogen-bond acceptors (Lipinski definition) is 3. The smallest absolute Gasteiger partial charge is 0.236 e. The van der Waals surface area contributed by atoms with E-state index in [0.717, 1.165) is 16.9 Å². The average molecular weight is 218 g/mol. The third-order valence-electron chi connectivity index (χ3n) is 2.59. The van der Waals surface area contributed by atoms with Crippen LogP contribution < -0.4 is 11.5 Å². The van der Waals surface area contributed by atoms with Crippen molar-refractivity contribution in [3.63, 3.8) is 0 Å². The molecule has 1 aromatic heterocycles. The Kier molecular flexibility index (Phi) is 2.62. The molecule has 0 radical (unpaired) electrons. The maximum absolute atomic E-state index is 10.9. The number of para-hydroxylation sites is 2. The number of aromatic nitrogens is 2. The molecule has 1 unspecified atom stereocenters. The standard InChI is InChI=1S/C11H14N4O/c1-7-14-9-4-2-3-5-10(9)15(7)6-8(12)11(13)16/h2-5,8H,6,12H2,1H3,(H2,13,16). The van der Waals surface area contributed by atoms with E-state index in [-0.39, 0.29) is 0 Å². The molecule has 84 valence electrons. The number of primary amides is 1. The van der Waals surface area contributed by atoms with E-state index in [1.807, 2.05) is 35.8 Å². The maximum atomic E-state index is 10.9. The van der Waals surface area contributed by atoms with Crippen LogP contribution in [-0.4, -0.2) is 21.5 Å². The second kappa shape index (κ2) is 3.94. The lowest BCUT2D eigenvalue weighted by molar-refractivity contribution is -0.119. The third-order valence-corrected chi connectivity index (χ3v) is 2.59. The number of carbonyl (C=O) groups is 1. The van der Waals surface area contributed by atoms with E-state index in [9.17, 15) is 4.79 Å². The molecule has 1 aromatic carbocycles. The summed E-state index contributed by atoms with van der Waals surface area (Å²) in [7, 11) is 0. The minimum absolute atomic E-state index is 0.363. The number of fused-ring (bicyclic) bond motifs is 1. The predicted octanol–water partition coefficient (Wildman–Crippen LogP) is 0.157. The number of amides is 1. The highest BCUT2D eigenvalue weighted by Crippen LogP contribution is 2.15. The monoisotopic (exact) mass is 218 g/mol. The number of hydrogen-bond donors (Lipinski definition) is 2. The van der Waals surface area contributed by atoms with Gasteiger partial charge in [-0.3, -0.25) is 4.79 Å². The van der Waals surface area contributed by atoms with Gasteiger partial charge in [-0.25, -0.2) is 4.98 Å². The van der Waals surface area contributed by atoms with E-state index in [0.29, 0.717) is 6.54 Å². The van der Waals surface area contributed by atoms with Crippen LogP contribution in [0.15, 0.2) is 24.3 Å². The summed E-state index contributed by atoms with van der Waals surface area (Å²) >= 11 is 0. The number of imidazole rings is 1. The summed E-state index contributed by atoms with van der Waals surface area (Å²) in [5, 5.41) is 0. The van der Waals surface area contributed by atoms with Gasteiger partial charge in [-0.2, -0.15) is 0 Å². The second-order valence-electron chi connectivity index (χ2n) is 3.77. The van der Waals surface area contributed by atoms with Gasteiger partial charge in [0.15, 0.2) is 0 Å². The van der Waals surface area contributed by atoms with Crippen molar-refractivity contribution in [1.29, 1.82) is 0 Å². The van der Waals surface area contributed by atoms with Crippen LogP contribution in [0, 0.1) is 6.92 Å². The third kappa shape index (κ3) is 1.77. The van der Waals surface area contributed by atoms with Crippen LogP contribution in [0.5, 0.6) is 0 Å². The zero-order valence-electron chi connectivity index (χ0n) is 9.05. The lowest BCUT2D eigenvalue weighted by Gasteiger charge is -2.10. The lowest BCUT2D eigenvalue weighted by Crippen LogP contribution is -2.40. The van der Waals surface area contributed by atoms with Gasteiger partial charge in [0.25, 0.3) is 0 Å². The normalized spacial score (nSPS) is 12.9. The van der Waals surface area contributed by atoms with Gasteiger partial charge < -0.3 is 16.0 Å². The Balaban J connectivity index is 2.43. The number of carbonyl (C=O) groups excluding carboxylic acids is 1. The summed E-state index contributed by atoms with van der Waals surface area (Å²) in [6.45, 7) is 2.25. The molecule has 4 N–H and O–H groups in total. The first kappa shape index (κ1) is 10.6. The summed E-state index contributed by atoms with van der Waals surface area (Å²) in [4.78, 5) is 15.3. The zero-order chi connectivity index (χ0) is 11.7. The summed E-state index contributed by atoms with van der Waals surface area (Å²) in [5.41, 5.74) is 12.7. The van der Waals surface area contributed by atoms with Gasteiger partial charge in [-0.05, 0) is 19.1 Å². The van der Waals surface area contributed by atoms with Crippen LogP contribution in [0.1, 0.15) is 5.82 Å². The number of nitrogens with zero attached hydrogens (tertiary/aromatic N) is 2. The van der Waals surface area contributed by atoms with Gasteiger partial charge >= 0.3 is 0 Å². The van der Waals surface area contributed by atoms with Crippen molar-refractivity contribution in [2.75, 3.05) is 0 Å². The Morgan fingerprint density at radius 3 is 2.88 bits per heavy atom. The lowest BCUT2D eigenvalue weighted by atomic mass is 10.2. The molecular formula is C11H14N4O. The number of benzene rings is 1. The van der Waals surface area contributed by atoms with Crippen molar-refractivity contribution in [3.05, 3.63) is 30.1 Å². The first-order valence-corrected chi connectivity index (χ1v) is 5.06. The number of nitrogens with two attached hydrogens (primary N) is 2. The minimum atomic E-state index is -0.684. The second-order valence-corrected chi connectivity index (χ2v) is 3.77. The molecule has 1 amide bonds. The predicted molar refractivity (Wildman–Crippen MR) is 61.6 cm³/mol. The first-order chi connectivity index (χ1) is 7.59. The summed E-state index contributed by atoms with van der Waals surface area (Å²) < 4.78 is 1.91. The number of rotatable bonds is 3. The Bertz CT molecular complexity index is 532. The van der Waals surface area contributed by atoms with Gasteiger partial charge in [0.2, 0.25) is 5.91 Å². The van der Waals surface area contributed by atoms with Crippen molar-refractivity contribution >= 4 is 16.9 Å². The highest BCUT2D eigenvalue weighted by Gasteiger charge is 2.13. The molecule has 0 spiro atoms. The van der Waals surface area contributed by atoms with Crippen molar-refractivity contribution in [2.45, 2.75) is 19.5 Å². The largest absolute Gasteiger partial charge is 0.368 e. The van der Waals surface area contributed by atoms with E-state index in [1.165, 1.54) is 0 Å². The first-order valence-electron chi connectivity index (χ1n) is 5.06. The fourth-order valence-corrected chi connectivity index (χ4v) is 1.71. The van der Waals surface area contributed by atoms with E-state index < -0.39 is 11.9 Å². The summed E-state index contributed by atoms with van der Waals surface area (Å²) in [5.74, 6) is 0.329. The maximum Gasteiger partial charge on any atom is 0.236 e. The molecular weight excluding hydrogens is 204 g/mol. The fourth-order valence-electron chi connectivity index (χ4n) is 1.71. The van der Waals surface area contributed by atoms with Crippen LogP contribution in [0.3, 0.4) is 0 Å². The van der Waals surface area contributed by atoms with Crippen LogP contribution in [-0.2, 0) is 11.3 Å². The van der Waals surface area contributed by atoms with Gasteiger partial charge in [-0.1, -0.05) is 12.1 Å². The molecule has 0 saturated heterocycles. The molecule has 5 nitrogen and oxygen atoms in total. The summed E-state index contributed by atoms with van der Waals surface area (Å²) in [6.07, 6.45) is 0. The topological polar surface area (TPSA) is 86.9 Å². The molecule has 0 fully saturated rings. The minimum Gasteiger partial charge on any atom is -0.368 e. The highest BCUT2D eigenvalue weighted by atomic mass is 16.1. The fraction of sp³-hybridized carbons (Fsp3) is 0.273. The van der Waals surface area contributed by atoms with E-state index >= 15 is 0 Å². The quantitative estimate of drug-likeness (QED) is 0.769. The molecule has 2 rings (SSSR count).